The molecule has 0 amide bonds. The first-order valence-electron chi connectivity index (χ1n) is 5.68. The lowest BCUT2D eigenvalue weighted by Crippen LogP contribution is -1.95. The van der Waals surface area contributed by atoms with Crippen LogP contribution in [0.2, 0.25) is 0 Å². The minimum Gasteiger partial charge on any atom is -0.256 e. The zero-order valence-electron chi connectivity index (χ0n) is 10.0. The summed E-state index contributed by atoms with van der Waals surface area (Å²) in [7, 11) is 0. The van der Waals surface area contributed by atoms with E-state index in [9.17, 15) is 0 Å². The highest BCUT2D eigenvalue weighted by Gasteiger charge is 2.09. The topological polar surface area (TPSA) is 36.7 Å². The lowest BCUT2D eigenvalue weighted by molar-refractivity contribution is 0.861. The zero-order chi connectivity index (χ0) is 12.3. The highest BCUT2D eigenvalue weighted by atomic mass is 14.7. The van der Waals surface area contributed by atoms with Crippen molar-refractivity contribution < 1.29 is 0 Å². The van der Waals surface area contributed by atoms with Crippen LogP contribution in [0, 0.1) is 11.3 Å². The lowest BCUT2D eigenvalue weighted by atomic mass is 9.96. The summed E-state index contributed by atoms with van der Waals surface area (Å²) >= 11 is 0. The molecule has 17 heavy (non-hydrogen) atoms. The Morgan fingerprint density at radius 1 is 1.18 bits per heavy atom. The first kappa shape index (κ1) is 11.3. The summed E-state index contributed by atoms with van der Waals surface area (Å²) in [6.45, 7) is 4.29. The molecule has 0 atom stereocenters. The van der Waals surface area contributed by atoms with Crippen molar-refractivity contribution in [3.05, 3.63) is 53.7 Å². The molecule has 2 nitrogen and oxygen atoms in total. The van der Waals surface area contributed by atoms with E-state index in [0.29, 0.717) is 11.5 Å². The van der Waals surface area contributed by atoms with Crippen LogP contribution in [0.25, 0.3) is 11.3 Å². The summed E-state index contributed by atoms with van der Waals surface area (Å²) in [4.78, 5) is 4.44. The van der Waals surface area contributed by atoms with Crippen LogP contribution in [0.5, 0.6) is 0 Å². The Bertz CT molecular complexity index is 565. The molecule has 0 fully saturated rings. The molecule has 1 aromatic carbocycles. The van der Waals surface area contributed by atoms with Gasteiger partial charge in [-0.2, -0.15) is 5.26 Å². The van der Waals surface area contributed by atoms with Gasteiger partial charge in [0.1, 0.15) is 0 Å². The number of nitriles is 1. The normalized spacial score (nSPS) is 10.2. The quantitative estimate of drug-likeness (QED) is 0.776. The minimum absolute atomic E-state index is 0.421. The molecule has 2 heteroatoms. The van der Waals surface area contributed by atoms with Crippen molar-refractivity contribution in [1.82, 2.24) is 4.98 Å². The Labute approximate surface area is 102 Å². The van der Waals surface area contributed by atoms with Crippen LogP contribution < -0.4 is 0 Å². The van der Waals surface area contributed by atoms with Crippen LogP contribution in [-0.4, -0.2) is 4.98 Å². The molecule has 0 aliphatic rings. The van der Waals surface area contributed by atoms with Gasteiger partial charge in [-0.1, -0.05) is 32.0 Å². The predicted octanol–water partition coefficient (Wildman–Crippen LogP) is 3.74. The maximum atomic E-state index is 8.92. The molecule has 0 radical (unpaired) electrons. The third-order valence-corrected chi connectivity index (χ3v) is 2.73. The number of hydrogen-bond acceptors (Lipinski definition) is 2. The van der Waals surface area contributed by atoms with Crippen molar-refractivity contribution in [2.75, 3.05) is 0 Å². The molecule has 2 aromatic rings. The second-order valence-electron chi connectivity index (χ2n) is 4.29. The van der Waals surface area contributed by atoms with Gasteiger partial charge in [0.25, 0.3) is 0 Å². The van der Waals surface area contributed by atoms with Crippen molar-refractivity contribution in [2.24, 2.45) is 0 Å². The SMILES string of the molecule is CC(C)c1cccnc1-c1cccc(C#N)c1. The summed E-state index contributed by atoms with van der Waals surface area (Å²) in [6, 6.07) is 13.8. The van der Waals surface area contributed by atoms with Crippen molar-refractivity contribution in [3.63, 3.8) is 0 Å². The molecular weight excluding hydrogens is 208 g/mol. The first-order chi connectivity index (χ1) is 8.22. The van der Waals surface area contributed by atoms with Gasteiger partial charge in [0.05, 0.1) is 17.3 Å². The van der Waals surface area contributed by atoms with E-state index in [0.717, 1.165) is 11.3 Å². The van der Waals surface area contributed by atoms with E-state index in [1.807, 2.05) is 30.3 Å². The standard InChI is InChI=1S/C15H14N2/c1-11(2)14-7-4-8-17-15(14)13-6-3-5-12(9-13)10-16/h3-9,11H,1-2H3. The summed E-state index contributed by atoms with van der Waals surface area (Å²) in [5.41, 5.74) is 3.86. The molecule has 0 saturated carbocycles. The fraction of sp³-hybridized carbons (Fsp3) is 0.200. The summed E-state index contributed by atoms with van der Waals surface area (Å²) < 4.78 is 0. The largest absolute Gasteiger partial charge is 0.256 e. The maximum absolute atomic E-state index is 8.92. The third kappa shape index (κ3) is 2.34. The van der Waals surface area contributed by atoms with E-state index in [4.69, 9.17) is 5.26 Å². The average molecular weight is 222 g/mol. The van der Waals surface area contributed by atoms with Gasteiger partial charge in [-0.25, -0.2) is 0 Å². The maximum Gasteiger partial charge on any atom is 0.0991 e. The van der Waals surface area contributed by atoms with Gasteiger partial charge in [0, 0.05) is 11.8 Å². The van der Waals surface area contributed by atoms with Crippen LogP contribution in [-0.2, 0) is 0 Å². The van der Waals surface area contributed by atoms with Gasteiger partial charge in [-0.3, -0.25) is 4.98 Å². The van der Waals surface area contributed by atoms with Crippen molar-refractivity contribution in [2.45, 2.75) is 19.8 Å². The summed E-state index contributed by atoms with van der Waals surface area (Å²) in [5.74, 6) is 0.421. The average Bonchev–Trinajstić information content (AvgIpc) is 2.39. The van der Waals surface area contributed by atoms with Crippen molar-refractivity contribution in [3.8, 4) is 17.3 Å². The van der Waals surface area contributed by atoms with E-state index >= 15 is 0 Å². The monoisotopic (exact) mass is 222 g/mol. The molecule has 0 spiro atoms. The second-order valence-corrected chi connectivity index (χ2v) is 4.29. The lowest BCUT2D eigenvalue weighted by Gasteiger charge is -2.11. The smallest absolute Gasteiger partial charge is 0.0991 e. The van der Waals surface area contributed by atoms with Crippen LogP contribution in [0.3, 0.4) is 0 Å². The summed E-state index contributed by atoms with van der Waals surface area (Å²) in [5, 5.41) is 8.92. The highest BCUT2D eigenvalue weighted by Crippen LogP contribution is 2.27. The van der Waals surface area contributed by atoms with E-state index in [2.05, 4.69) is 31.0 Å². The number of rotatable bonds is 2. The predicted molar refractivity (Wildman–Crippen MR) is 68.5 cm³/mol. The number of aromatic nitrogens is 1. The van der Waals surface area contributed by atoms with Crippen LogP contribution >= 0.6 is 0 Å². The van der Waals surface area contributed by atoms with Crippen LogP contribution in [0.4, 0.5) is 0 Å². The van der Waals surface area contributed by atoms with E-state index in [1.165, 1.54) is 5.56 Å². The molecular formula is C15H14N2. The minimum atomic E-state index is 0.421. The van der Waals surface area contributed by atoms with Crippen molar-refractivity contribution in [1.29, 1.82) is 5.26 Å². The Morgan fingerprint density at radius 2 is 2.00 bits per heavy atom. The molecule has 2 rings (SSSR count). The van der Waals surface area contributed by atoms with E-state index in [1.54, 1.807) is 6.20 Å². The number of pyridine rings is 1. The zero-order valence-corrected chi connectivity index (χ0v) is 10.0. The number of nitrogens with zero attached hydrogens (tertiary/aromatic N) is 2. The van der Waals surface area contributed by atoms with E-state index in [-0.39, 0.29) is 0 Å². The van der Waals surface area contributed by atoms with Crippen LogP contribution in [0.15, 0.2) is 42.6 Å². The molecule has 0 unspecified atom stereocenters. The molecule has 0 aliphatic heterocycles. The first-order valence-corrected chi connectivity index (χ1v) is 5.68. The molecule has 1 aromatic heterocycles. The summed E-state index contributed by atoms with van der Waals surface area (Å²) in [6.07, 6.45) is 1.79. The van der Waals surface area contributed by atoms with Gasteiger partial charge < -0.3 is 0 Å². The molecule has 1 heterocycles. The second kappa shape index (κ2) is 4.80. The molecule has 0 N–H and O–H groups in total. The van der Waals surface area contributed by atoms with Crippen LogP contribution in [0.1, 0.15) is 30.9 Å². The molecule has 0 bridgehead atoms. The van der Waals surface area contributed by atoms with Crippen molar-refractivity contribution >= 4 is 0 Å². The fourth-order valence-corrected chi connectivity index (χ4v) is 1.86. The fourth-order valence-electron chi connectivity index (χ4n) is 1.86. The third-order valence-electron chi connectivity index (χ3n) is 2.73. The molecule has 84 valence electrons. The molecule has 0 saturated heterocycles. The number of benzene rings is 1. The highest BCUT2D eigenvalue weighted by molar-refractivity contribution is 5.65. The van der Waals surface area contributed by atoms with E-state index < -0.39 is 0 Å². The van der Waals surface area contributed by atoms with Gasteiger partial charge >= 0.3 is 0 Å². The Balaban J connectivity index is 2.57. The Morgan fingerprint density at radius 3 is 2.71 bits per heavy atom. The van der Waals surface area contributed by atoms with Gasteiger partial charge in [-0.05, 0) is 29.7 Å². The number of hydrogen-bond donors (Lipinski definition) is 0. The van der Waals surface area contributed by atoms with Gasteiger partial charge in [0.15, 0.2) is 0 Å². The molecule has 0 aliphatic carbocycles. The Kier molecular flexibility index (Phi) is 3.20. The van der Waals surface area contributed by atoms with Gasteiger partial charge in [-0.15, -0.1) is 0 Å². The van der Waals surface area contributed by atoms with Gasteiger partial charge in [0.2, 0.25) is 0 Å². The Hall–Kier alpha value is -2.14.